The second kappa shape index (κ2) is 4.93. The maximum atomic E-state index is 12.6. The van der Waals surface area contributed by atoms with Crippen LogP contribution < -0.4 is 4.74 Å². The molecule has 2 heterocycles. The molecule has 0 aliphatic carbocycles. The van der Waals surface area contributed by atoms with Crippen molar-refractivity contribution in [2.45, 2.75) is 11.0 Å². The first-order valence-corrected chi connectivity index (χ1v) is 8.57. The Morgan fingerprint density at radius 2 is 1.95 bits per heavy atom. The van der Waals surface area contributed by atoms with Gasteiger partial charge in [-0.15, -0.1) is 0 Å². The third-order valence-corrected chi connectivity index (χ3v) is 5.37. The van der Waals surface area contributed by atoms with Gasteiger partial charge < -0.3 is 9.47 Å². The fraction of sp³-hybridized carbons (Fsp3) is 0.188. The summed E-state index contributed by atoms with van der Waals surface area (Å²) in [6.07, 6.45) is 1.43. The van der Waals surface area contributed by atoms with Gasteiger partial charge in [0.15, 0.2) is 21.3 Å². The number of fused-ring (bicyclic) bond motifs is 2. The van der Waals surface area contributed by atoms with Crippen LogP contribution in [-0.2, 0) is 14.6 Å². The van der Waals surface area contributed by atoms with Gasteiger partial charge in [-0.3, -0.25) is 4.99 Å². The van der Waals surface area contributed by atoms with E-state index in [-0.39, 0.29) is 16.8 Å². The van der Waals surface area contributed by atoms with Gasteiger partial charge >= 0.3 is 0 Å². The maximum Gasteiger partial charge on any atom is 0.184 e. The van der Waals surface area contributed by atoms with Gasteiger partial charge in [0, 0.05) is 11.8 Å². The molecule has 0 aromatic heterocycles. The highest BCUT2D eigenvalue weighted by molar-refractivity contribution is 7.91. The Morgan fingerprint density at radius 3 is 2.77 bits per heavy atom. The minimum atomic E-state index is -3.47. The van der Waals surface area contributed by atoms with Crippen molar-refractivity contribution < 1.29 is 17.9 Å². The van der Waals surface area contributed by atoms with Crippen molar-refractivity contribution in [3.63, 3.8) is 0 Å². The van der Waals surface area contributed by atoms with Crippen molar-refractivity contribution in [1.82, 2.24) is 0 Å². The predicted molar refractivity (Wildman–Crippen MR) is 82.0 cm³/mol. The van der Waals surface area contributed by atoms with E-state index in [4.69, 9.17) is 9.47 Å². The molecule has 0 saturated carbocycles. The zero-order valence-corrected chi connectivity index (χ0v) is 12.4. The van der Waals surface area contributed by atoms with E-state index >= 15 is 0 Å². The molecule has 0 spiro atoms. The van der Waals surface area contributed by atoms with Crippen molar-refractivity contribution in [1.29, 1.82) is 0 Å². The van der Waals surface area contributed by atoms with Crippen molar-refractivity contribution in [2.75, 3.05) is 12.4 Å². The third kappa shape index (κ3) is 2.40. The van der Waals surface area contributed by atoms with Gasteiger partial charge in [-0.1, -0.05) is 18.2 Å². The highest BCUT2D eigenvalue weighted by Gasteiger charge is 2.33. The SMILES string of the molecule is O=S(=O)(CC1CO1)c1cccc2c1Oc1ccccc1N=C2. The number of para-hydroxylation sites is 3. The number of nitrogens with zero attached hydrogens (tertiary/aromatic N) is 1. The second-order valence-corrected chi connectivity index (χ2v) is 7.24. The Bertz CT molecular complexity index is 869. The molecule has 1 saturated heterocycles. The molecule has 0 N–H and O–H groups in total. The molecule has 1 atom stereocenters. The normalized spacial score (nSPS) is 18.8. The summed E-state index contributed by atoms with van der Waals surface area (Å²) in [6, 6.07) is 12.3. The van der Waals surface area contributed by atoms with Crippen molar-refractivity contribution in [3.8, 4) is 11.5 Å². The summed E-state index contributed by atoms with van der Waals surface area (Å²) >= 11 is 0. The van der Waals surface area contributed by atoms with E-state index in [0.29, 0.717) is 29.4 Å². The van der Waals surface area contributed by atoms with E-state index in [1.54, 1.807) is 30.5 Å². The molecule has 112 valence electrons. The first-order valence-electron chi connectivity index (χ1n) is 6.92. The van der Waals surface area contributed by atoms with Crippen LogP contribution in [0.2, 0.25) is 0 Å². The summed E-state index contributed by atoms with van der Waals surface area (Å²) in [5.41, 5.74) is 1.32. The molecule has 22 heavy (non-hydrogen) atoms. The van der Waals surface area contributed by atoms with Gasteiger partial charge in [0.05, 0.1) is 18.5 Å². The van der Waals surface area contributed by atoms with Crippen LogP contribution in [0.3, 0.4) is 0 Å². The largest absolute Gasteiger partial charge is 0.453 e. The number of epoxide rings is 1. The molecule has 1 unspecified atom stereocenters. The Kier molecular flexibility index (Phi) is 3.02. The zero-order valence-electron chi connectivity index (χ0n) is 11.6. The summed E-state index contributed by atoms with van der Waals surface area (Å²) in [5.74, 6) is 0.852. The average Bonchev–Trinajstić information content (AvgIpc) is 3.31. The Labute approximate surface area is 128 Å². The van der Waals surface area contributed by atoms with E-state index in [0.717, 1.165) is 0 Å². The average molecular weight is 315 g/mol. The summed E-state index contributed by atoms with van der Waals surface area (Å²) in [5, 5.41) is 0. The summed E-state index contributed by atoms with van der Waals surface area (Å²) < 4.78 is 36.1. The van der Waals surface area contributed by atoms with Gasteiger partial charge in [-0.2, -0.15) is 0 Å². The standard InChI is InChI=1S/C16H13NO4S/c18-22(19,10-12-9-20-12)15-7-3-4-11-8-17-13-5-1-2-6-14(13)21-16(11)15/h1-8,12H,9-10H2. The minimum absolute atomic E-state index is 0.0222. The lowest BCUT2D eigenvalue weighted by molar-refractivity contribution is 0.422. The van der Waals surface area contributed by atoms with Crippen LogP contribution in [-0.4, -0.2) is 33.1 Å². The van der Waals surface area contributed by atoms with Crippen molar-refractivity contribution >= 4 is 21.7 Å². The van der Waals surface area contributed by atoms with Crippen LogP contribution in [0.4, 0.5) is 5.69 Å². The molecule has 0 amide bonds. The van der Waals surface area contributed by atoms with Crippen LogP contribution >= 0.6 is 0 Å². The Balaban J connectivity index is 1.84. The molecular formula is C16H13NO4S. The number of aliphatic imine (C=N–C) groups is 1. The summed E-state index contributed by atoms with van der Waals surface area (Å²) in [7, 11) is -3.47. The zero-order chi connectivity index (χ0) is 15.2. The van der Waals surface area contributed by atoms with Crippen molar-refractivity contribution in [2.24, 2.45) is 4.99 Å². The number of rotatable bonds is 3. The van der Waals surface area contributed by atoms with E-state index in [2.05, 4.69) is 4.99 Å². The van der Waals surface area contributed by atoms with Gasteiger partial charge in [-0.25, -0.2) is 8.42 Å². The Hall–Kier alpha value is -2.18. The first-order chi connectivity index (χ1) is 10.6. The fourth-order valence-electron chi connectivity index (χ4n) is 2.39. The number of benzene rings is 2. The molecule has 2 aromatic rings. The van der Waals surface area contributed by atoms with Crippen LogP contribution in [0.1, 0.15) is 5.56 Å². The molecule has 1 fully saturated rings. The van der Waals surface area contributed by atoms with Gasteiger partial charge in [-0.05, 0) is 24.3 Å². The van der Waals surface area contributed by atoms with Crippen molar-refractivity contribution in [3.05, 3.63) is 48.0 Å². The molecule has 2 aromatic carbocycles. The maximum absolute atomic E-state index is 12.6. The number of ether oxygens (including phenoxy) is 2. The molecule has 0 bridgehead atoms. The topological polar surface area (TPSA) is 68.3 Å². The molecule has 2 aliphatic heterocycles. The van der Waals surface area contributed by atoms with E-state index < -0.39 is 9.84 Å². The molecule has 0 radical (unpaired) electrons. The predicted octanol–water partition coefficient (Wildman–Crippen LogP) is 2.72. The van der Waals surface area contributed by atoms with Gasteiger partial charge in [0.25, 0.3) is 0 Å². The number of hydrogen-bond donors (Lipinski definition) is 0. The smallest absolute Gasteiger partial charge is 0.184 e. The monoisotopic (exact) mass is 315 g/mol. The highest BCUT2D eigenvalue weighted by atomic mass is 32.2. The summed E-state index contributed by atoms with van der Waals surface area (Å²) in [4.78, 5) is 4.54. The molecule has 6 heteroatoms. The molecule has 5 nitrogen and oxygen atoms in total. The Morgan fingerprint density at radius 1 is 1.14 bits per heavy atom. The highest BCUT2D eigenvalue weighted by Crippen LogP contribution is 2.39. The van der Waals surface area contributed by atoms with Crippen LogP contribution in [0.15, 0.2) is 52.4 Å². The minimum Gasteiger partial charge on any atom is -0.453 e. The number of sulfone groups is 1. The van der Waals surface area contributed by atoms with E-state index in [9.17, 15) is 8.42 Å². The third-order valence-electron chi connectivity index (χ3n) is 3.57. The van der Waals surface area contributed by atoms with Crippen LogP contribution in [0, 0.1) is 0 Å². The fourth-order valence-corrected chi connectivity index (χ4v) is 3.98. The lowest BCUT2D eigenvalue weighted by atomic mass is 10.2. The quantitative estimate of drug-likeness (QED) is 0.697. The van der Waals surface area contributed by atoms with Gasteiger partial charge in [0.2, 0.25) is 0 Å². The lowest BCUT2D eigenvalue weighted by Gasteiger charge is -2.13. The lowest BCUT2D eigenvalue weighted by Crippen LogP contribution is -2.13. The van der Waals surface area contributed by atoms with E-state index in [1.807, 2.05) is 18.2 Å². The number of hydrogen-bond acceptors (Lipinski definition) is 5. The molecule has 2 aliphatic rings. The first kappa shape index (κ1) is 13.5. The van der Waals surface area contributed by atoms with E-state index in [1.165, 1.54) is 0 Å². The summed E-state index contributed by atoms with van der Waals surface area (Å²) in [6.45, 7) is 0.499. The van der Waals surface area contributed by atoms with Gasteiger partial charge in [0.1, 0.15) is 10.6 Å². The van der Waals surface area contributed by atoms with Crippen LogP contribution in [0.5, 0.6) is 11.5 Å². The second-order valence-electron chi connectivity index (χ2n) is 5.24. The van der Waals surface area contributed by atoms with Crippen LogP contribution in [0.25, 0.3) is 0 Å². The molecule has 4 rings (SSSR count). The molecular weight excluding hydrogens is 302 g/mol.